The first-order valence-electron chi connectivity index (χ1n) is 9.99. The number of pyridine rings is 1. The van der Waals surface area contributed by atoms with Crippen LogP contribution in [-0.4, -0.2) is 28.3 Å². The van der Waals surface area contributed by atoms with Gasteiger partial charge in [-0.15, -0.1) is 11.3 Å². The van der Waals surface area contributed by atoms with Crippen molar-refractivity contribution >= 4 is 34.7 Å². The first-order chi connectivity index (χ1) is 14.7. The predicted molar refractivity (Wildman–Crippen MR) is 116 cm³/mol. The molecule has 30 heavy (non-hydrogen) atoms. The number of rotatable bonds is 4. The van der Waals surface area contributed by atoms with Crippen LogP contribution in [0.4, 0.5) is 11.5 Å². The van der Waals surface area contributed by atoms with Crippen LogP contribution >= 0.6 is 11.3 Å². The van der Waals surface area contributed by atoms with Crippen LogP contribution in [0.3, 0.4) is 0 Å². The van der Waals surface area contributed by atoms with Crippen LogP contribution in [0.15, 0.2) is 47.4 Å². The van der Waals surface area contributed by atoms with Gasteiger partial charge in [0.2, 0.25) is 5.91 Å². The largest absolute Gasteiger partial charge is 0.359 e. The van der Waals surface area contributed by atoms with Crippen molar-refractivity contribution in [1.29, 1.82) is 0 Å². The highest BCUT2D eigenvalue weighted by atomic mass is 32.1. The molecule has 3 heterocycles. The van der Waals surface area contributed by atoms with Crippen LogP contribution in [0.25, 0.3) is 0 Å². The molecule has 0 fully saturated rings. The summed E-state index contributed by atoms with van der Waals surface area (Å²) in [6.45, 7) is 0.536. The van der Waals surface area contributed by atoms with Crippen molar-refractivity contribution in [1.82, 2.24) is 15.3 Å². The number of fused-ring (bicyclic) bond motifs is 2. The number of nitrogens with one attached hydrogen (secondary N) is 2. The smallest absolute Gasteiger partial charge is 0.253 e. The fraction of sp³-hybridized carbons (Fsp3) is 0.273. The highest BCUT2D eigenvalue weighted by molar-refractivity contribution is 7.07. The van der Waals surface area contributed by atoms with Gasteiger partial charge in [0, 0.05) is 11.6 Å². The van der Waals surface area contributed by atoms with Crippen molar-refractivity contribution in [3.05, 3.63) is 69.8 Å². The van der Waals surface area contributed by atoms with Crippen LogP contribution in [0.2, 0.25) is 0 Å². The molecule has 0 bridgehead atoms. The SMILES string of the molecule is O=C(N[C@H]1CCCc2ccccc21)c1cnc2c(c1)N(Cc1cscn1)C(=O)CN2. The van der Waals surface area contributed by atoms with Crippen LogP contribution < -0.4 is 15.5 Å². The van der Waals surface area contributed by atoms with Crippen molar-refractivity contribution in [2.24, 2.45) is 0 Å². The first-order valence-corrected chi connectivity index (χ1v) is 10.9. The van der Waals surface area contributed by atoms with Gasteiger partial charge < -0.3 is 15.5 Å². The zero-order valence-electron chi connectivity index (χ0n) is 16.3. The maximum Gasteiger partial charge on any atom is 0.253 e. The molecule has 0 spiro atoms. The lowest BCUT2D eigenvalue weighted by atomic mass is 9.87. The minimum absolute atomic E-state index is 0.00986. The standard InChI is InChI=1S/C22H21N5O2S/c28-20-10-24-21-19(27(20)11-16-12-30-13-25-16)8-15(9-23-21)22(29)26-18-7-3-5-14-4-1-2-6-17(14)18/h1-2,4,6,8-9,12-13,18H,3,5,7,10-11H2,(H,23,24)(H,26,29)/t18-/m0/s1. The second-order valence-electron chi connectivity index (χ2n) is 7.52. The molecule has 1 aliphatic carbocycles. The Morgan fingerprint density at radius 2 is 2.20 bits per heavy atom. The fourth-order valence-electron chi connectivity index (χ4n) is 4.10. The molecule has 1 aliphatic heterocycles. The molecule has 2 aliphatic rings. The van der Waals surface area contributed by atoms with Gasteiger partial charge in [0.05, 0.1) is 41.6 Å². The van der Waals surface area contributed by atoms with E-state index in [4.69, 9.17) is 0 Å². The normalized spacial score (nSPS) is 17.7. The van der Waals surface area contributed by atoms with Crippen LogP contribution in [0.5, 0.6) is 0 Å². The number of aromatic nitrogens is 2. The molecule has 2 aromatic heterocycles. The molecular formula is C22H21N5O2S. The summed E-state index contributed by atoms with van der Waals surface area (Å²) < 4.78 is 0. The summed E-state index contributed by atoms with van der Waals surface area (Å²) in [5.74, 6) is 0.346. The van der Waals surface area contributed by atoms with Crippen molar-refractivity contribution in [2.45, 2.75) is 31.8 Å². The average Bonchev–Trinajstić information content (AvgIpc) is 3.29. The summed E-state index contributed by atoms with van der Waals surface area (Å²) in [7, 11) is 0. The zero-order chi connectivity index (χ0) is 20.5. The minimum atomic E-state index is -0.182. The third-order valence-electron chi connectivity index (χ3n) is 5.61. The van der Waals surface area contributed by atoms with E-state index in [1.165, 1.54) is 22.5 Å². The summed E-state index contributed by atoms with van der Waals surface area (Å²) in [6.07, 6.45) is 4.57. The van der Waals surface area contributed by atoms with Gasteiger partial charge in [-0.1, -0.05) is 24.3 Å². The summed E-state index contributed by atoms with van der Waals surface area (Å²) in [6, 6.07) is 9.99. The highest BCUT2D eigenvalue weighted by Crippen LogP contribution is 2.32. The molecule has 152 valence electrons. The number of thiazole rings is 1. The van der Waals surface area contributed by atoms with Crippen LogP contribution in [0, 0.1) is 0 Å². The van der Waals surface area contributed by atoms with Crippen LogP contribution in [-0.2, 0) is 17.8 Å². The first kappa shape index (κ1) is 18.7. The Morgan fingerprint density at radius 1 is 1.30 bits per heavy atom. The highest BCUT2D eigenvalue weighted by Gasteiger charge is 2.28. The van der Waals surface area contributed by atoms with Gasteiger partial charge in [-0.3, -0.25) is 9.59 Å². The number of benzene rings is 1. The molecular weight excluding hydrogens is 398 g/mol. The van der Waals surface area contributed by atoms with Crippen molar-refractivity contribution < 1.29 is 9.59 Å². The number of anilines is 2. The number of hydrogen-bond acceptors (Lipinski definition) is 6. The summed E-state index contributed by atoms with van der Waals surface area (Å²) >= 11 is 1.49. The molecule has 0 saturated heterocycles. The minimum Gasteiger partial charge on any atom is -0.359 e. The molecule has 0 saturated carbocycles. The van der Waals surface area contributed by atoms with Crippen molar-refractivity contribution in [2.75, 3.05) is 16.8 Å². The molecule has 8 heteroatoms. The fourth-order valence-corrected chi connectivity index (χ4v) is 4.65. The summed E-state index contributed by atoms with van der Waals surface area (Å²) in [4.78, 5) is 35.9. The van der Waals surface area contributed by atoms with E-state index in [1.54, 1.807) is 22.7 Å². The quantitative estimate of drug-likeness (QED) is 0.678. The van der Waals surface area contributed by atoms with Crippen molar-refractivity contribution in [3.63, 3.8) is 0 Å². The lowest BCUT2D eigenvalue weighted by molar-refractivity contribution is -0.117. The molecule has 0 unspecified atom stereocenters. The zero-order valence-corrected chi connectivity index (χ0v) is 17.1. The van der Waals surface area contributed by atoms with E-state index in [9.17, 15) is 9.59 Å². The lowest BCUT2D eigenvalue weighted by Crippen LogP contribution is -2.40. The molecule has 7 nitrogen and oxygen atoms in total. The van der Waals surface area contributed by atoms with Gasteiger partial charge in [0.25, 0.3) is 5.91 Å². The van der Waals surface area contributed by atoms with Crippen molar-refractivity contribution in [3.8, 4) is 0 Å². The van der Waals surface area contributed by atoms with E-state index in [2.05, 4.69) is 32.7 Å². The Bertz CT molecular complexity index is 1100. The molecule has 0 radical (unpaired) electrons. The van der Waals surface area contributed by atoms with Gasteiger partial charge >= 0.3 is 0 Å². The molecule has 2 amide bonds. The molecule has 2 N–H and O–H groups in total. The topological polar surface area (TPSA) is 87.2 Å². The van der Waals surface area contributed by atoms with E-state index >= 15 is 0 Å². The van der Waals surface area contributed by atoms with Gasteiger partial charge in [-0.25, -0.2) is 9.97 Å². The van der Waals surface area contributed by atoms with Gasteiger partial charge in [0.15, 0.2) is 5.82 Å². The predicted octanol–water partition coefficient (Wildman–Crippen LogP) is 3.30. The third-order valence-corrected chi connectivity index (χ3v) is 6.24. The number of nitrogens with zero attached hydrogens (tertiary/aromatic N) is 3. The van der Waals surface area contributed by atoms with Gasteiger partial charge in [0.1, 0.15) is 0 Å². The molecule has 1 atom stereocenters. The Balaban J connectivity index is 1.40. The average molecular weight is 420 g/mol. The Hall–Kier alpha value is -3.26. The summed E-state index contributed by atoms with van der Waals surface area (Å²) in [5.41, 5.74) is 6.09. The number of aryl methyl sites for hydroxylation is 1. The molecule has 3 aromatic rings. The maximum absolute atomic E-state index is 13.0. The number of hydrogen-bond donors (Lipinski definition) is 2. The van der Waals surface area contributed by atoms with E-state index < -0.39 is 0 Å². The second-order valence-corrected chi connectivity index (χ2v) is 8.24. The van der Waals surface area contributed by atoms with E-state index in [1.807, 2.05) is 17.5 Å². The second kappa shape index (κ2) is 7.87. The molecule has 1 aromatic carbocycles. The van der Waals surface area contributed by atoms with Crippen LogP contribution in [0.1, 0.15) is 46.1 Å². The number of carbonyl (C=O) groups excluding carboxylic acids is 2. The summed E-state index contributed by atoms with van der Waals surface area (Å²) in [5, 5.41) is 8.10. The third kappa shape index (κ3) is 3.54. The van der Waals surface area contributed by atoms with E-state index in [-0.39, 0.29) is 24.4 Å². The number of amides is 2. The van der Waals surface area contributed by atoms with E-state index in [0.29, 0.717) is 23.6 Å². The Kier molecular flexibility index (Phi) is 4.92. The lowest BCUT2D eigenvalue weighted by Gasteiger charge is -2.29. The van der Waals surface area contributed by atoms with E-state index in [0.717, 1.165) is 25.0 Å². The van der Waals surface area contributed by atoms with Gasteiger partial charge in [-0.2, -0.15) is 0 Å². The maximum atomic E-state index is 13.0. The monoisotopic (exact) mass is 419 g/mol. The Morgan fingerprint density at radius 3 is 3.07 bits per heavy atom. The number of carbonyl (C=O) groups is 2. The molecule has 5 rings (SSSR count). The van der Waals surface area contributed by atoms with Gasteiger partial charge in [-0.05, 0) is 36.5 Å². The Labute approximate surface area is 178 Å².